The Morgan fingerprint density at radius 3 is 2.50 bits per heavy atom. The average Bonchev–Trinajstić information content (AvgIpc) is 3.00. The maximum absolute atomic E-state index is 12.2. The van der Waals surface area contributed by atoms with E-state index in [1.54, 1.807) is 0 Å². The Balaban J connectivity index is 1.69. The first kappa shape index (κ1) is 17.3. The van der Waals surface area contributed by atoms with E-state index in [0.717, 1.165) is 19.5 Å². The molecule has 3 unspecified atom stereocenters. The minimum atomic E-state index is -0.291. The van der Waals surface area contributed by atoms with Crippen LogP contribution in [0.5, 0.6) is 0 Å². The van der Waals surface area contributed by atoms with Gasteiger partial charge >= 0.3 is 6.09 Å². The fourth-order valence-corrected chi connectivity index (χ4v) is 3.98. The second-order valence-corrected chi connectivity index (χ2v) is 8.62. The molecule has 132 valence electrons. The lowest BCUT2D eigenvalue weighted by Gasteiger charge is -2.25. The molecule has 1 aliphatic carbocycles. The van der Waals surface area contributed by atoms with E-state index in [1.165, 1.54) is 5.56 Å². The lowest BCUT2D eigenvalue weighted by atomic mass is 10.0. The first-order chi connectivity index (χ1) is 11.2. The van der Waals surface area contributed by atoms with Crippen LogP contribution in [0.4, 0.5) is 4.79 Å². The Labute approximate surface area is 145 Å². The van der Waals surface area contributed by atoms with Crippen LogP contribution in [0.25, 0.3) is 0 Å². The fourth-order valence-electron chi connectivity index (χ4n) is 3.98. The smallest absolute Gasteiger partial charge is 0.407 e. The zero-order valence-electron chi connectivity index (χ0n) is 15.5. The topological polar surface area (TPSA) is 41.6 Å². The molecule has 1 aromatic rings. The molecule has 1 spiro atoms. The van der Waals surface area contributed by atoms with Gasteiger partial charge in [0.1, 0.15) is 6.10 Å². The standard InChI is InChI=1S/C20H30N2O2/c1-14-11-20(14)13-22(15(2)16-9-7-6-8-10-16)12-17(20)24-18(23)21-19(3,4)5/h6-10,14-15,17H,11-13H2,1-5H3,(H,21,23)/t14?,15-,17?,20?/m1/s1. The lowest BCUT2D eigenvalue weighted by Crippen LogP contribution is -2.43. The molecule has 4 heteroatoms. The summed E-state index contributed by atoms with van der Waals surface area (Å²) in [6.45, 7) is 12.3. The van der Waals surface area contributed by atoms with Crippen molar-refractivity contribution in [3.63, 3.8) is 0 Å². The molecule has 1 heterocycles. The van der Waals surface area contributed by atoms with E-state index in [9.17, 15) is 4.79 Å². The third-order valence-corrected chi connectivity index (χ3v) is 5.60. The molecule has 1 amide bonds. The molecule has 0 bridgehead atoms. The van der Waals surface area contributed by atoms with Crippen molar-refractivity contribution < 1.29 is 9.53 Å². The van der Waals surface area contributed by atoms with Gasteiger partial charge in [0.05, 0.1) is 0 Å². The maximum Gasteiger partial charge on any atom is 0.407 e. The Morgan fingerprint density at radius 2 is 1.96 bits per heavy atom. The number of hydrogen-bond donors (Lipinski definition) is 1. The summed E-state index contributed by atoms with van der Waals surface area (Å²) in [4.78, 5) is 14.7. The monoisotopic (exact) mass is 330 g/mol. The number of alkyl carbamates (subject to hydrolysis) is 1. The number of hydrogen-bond acceptors (Lipinski definition) is 3. The van der Waals surface area contributed by atoms with Gasteiger partial charge in [-0.15, -0.1) is 0 Å². The number of nitrogens with zero attached hydrogens (tertiary/aromatic N) is 1. The molecule has 1 aromatic carbocycles. The molecule has 1 saturated heterocycles. The van der Waals surface area contributed by atoms with Crippen molar-refractivity contribution in [2.75, 3.05) is 13.1 Å². The zero-order chi connectivity index (χ0) is 17.5. The molecular weight excluding hydrogens is 300 g/mol. The van der Waals surface area contributed by atoms with Crippen LogP contribution >= 0.6 is 0 Å². The Hall–Kier alpha value is -1.55. The Bertz CT molecular complexity index is 595. The summed E-state index contributed by atoms with van der Waals surface area (Å²) in [5.41, 5.74) is 1.20. The van der Waals surface area contributed by atoms with E-state index >= 15 is 0 Å². The molecule has 1 aliphatic heterocycles. The van der Waals surface area contributed by atoms with Gasteiger partial charge in [-0.25, -0.2) is 4.79 Å². The van der Waals surface area contributed by atoms with Crippen LogP contribution in [0, 0.1) is 11.3 Å². The average molecular weight is 330 g/mol. The van der Waals surface area contributed by atoms with Crippen molar-refractivity contribution in [1.82, 2.24) is 10.2 Å². The van der Waals surface area contributed by atoms with Crippen LogP contribution in [0.1, 0.15) is 52.6 Å². The van der Waals surface area contributed by atoms with E-state index in [-0.39, 0.29) is 23.2 Å². The zero-order valence-corrected chi connectivity index (χ0v) is 15.5. The third-order valence-electron chi connectivity index (χ3n) is 5.60. The number of carbonyl (C=O) groups is 1. The summed E-state index contributed by atoms with van der Waals surface area (Å²) in [6.07, 6.45) is 0.847. The van der Waals surface area contributed by atoms with Gasteiger partial charge in [0.25, 0.3) is 0 Å². The molecule has 3 rings (SSSR count). The van der Waals surface area contributed by atoms with Crippen LogP contribution in [-0.2, 0) is 4.74 Å². The van der Waals surface area contributed by atoms with Crippen molar-refractivity contribution in [3.8, 4) is 0 Å². The highest BCUT2D eigenvalue weighted by molar-refractivity contribution is 5.68. The van der Waals surface area contributed by atoms with E-state index in [4.69, 9.17) is 4.74 Å². The van der Waals surface area contributed by atoms with E-state index in [2.05, 4.69) is 48.3 Å². The van der Waals surface area contributed by atoms with Gasteiger partial charge in [-0.3, -0.25) is 4.90 Å². The molecule has 4 nitrogen and oxygen atoms in total. The van der Waals surface area contributed by atoms with Gasteiger partial charge < -0.3 is 10.1 Å². The van der Waals surface area contributed by atoms with Gasteiger partial charge in [-0.05, 0) is 45.6 Å². The SMILES string of the molecule is CC1CC12CN([C@H](C)c1ccccc1)CC2OC(=O)NC(C)(C)C. The first-order valence-corrected chi connectivity index (χ1v) is 8.99. The molecule has 1 N–H and O–H groups in total. The number of likely N-dealkylation sites (tertiary alicyclic amines) is 1. The van der Waals surface area contributed by atoms with Gasteiger partial charge in [0.15, 0.2) is 0 Å². The molecule has 0 radical (unpaired) electrons. The number of amides is 1. The summed E-state index contributed by atoms with van der Waals surface area (Å²) in [5.74, 6) is 0.623. The fraction of sp³-hybridized carbons (Fsp3) is 0.650. The van der Waals surface area contributed by atoms with Gasteiger partial charge in [0, 0.05) is 30.1 Å². The van der Waals surface area contributed by atoms with Crippen LogP contribution in [-0.4, -0.2) is 35.7 Å². The van der Waals surface area contributed by atoms with E-state index in [1.807, 2.05) is 26.8 Å². The van der Waals surface area contributed by atoms with Crippen molar-refractivity contribution in [2.24, 2.45) is 11.3 Å². The van der Waals surface area contributed by atoms with E-state index in [0.29, 0.717) is 12.0 Å². The van der Waals surface area contributed by atoms with Crippen LogP contribution in [0.15, 0.2) is 30.3 Å². The van der Waals surface area contributed by atoms with Crippen molar-refractivity contribution >= 4 is 6.09 Å². The lowest BCUT2D eigenvalue weighted by molar-refractivity contribution is 0.0648. The van der Waals surface area contributed by atoms with Gasteiger partial charge in [-0.1, -0.05) is 37.3 Å². The predicted molar refractivity (Wildman–Crippen MR) is 95.8 cm³/mol. The molecule has 0 aromatic heterocycles. The van der Waals surface area contributed by atoms with Crippen molar-refractivity contribution in [1.29, 1.82) is 0 Å². The quantitative estimate of drug-likeness (QED) is 0.911. The number of nitrogens with one attached hydrogen (secondary N) is 1. The molecule has 24 heavy (non-hydrogen) atoms. The normalized spacial score (nSPS) is 31.0. The molecule has 4 atom stereocenters. The van der Waals surface area contributed by atoms with E-state index < -0.39 is 0 Å². The Kier molecular flexibility index (Phi) is 4.37. The van der Waals surface area contributed by atoms with Gasteiger partial charge in [0.2, 0.25) is 0 Å². The highest BCUT2D eigenvalue weighted by Crippen LogP contribution is 2.60. The largest absolute Gasteiger partial charge is 0.444 e. The summed E-state index contributed by atoms with van der Waals surface area (Å²) in [7, 11) is 0. The number of ether oxygens (including phenoxy) is 1. The van der Waals surface area contributed by atoms with Crippen LogP contribution in [0.3, 0.4) is 0 Å². The molecular formula is C20H30N2O2. The third kappa shape index (κ3) is 3.44. The number of benzene rings is 1. The minimum absolute atomic E-state index is 0.0130. The summed E-state index contributed by atoms with van der Waals surface area (Å²) < 4.78 is 5.86. The highest BCUT2D eigenvalue weighted by Gasteiger charge is 2.63. The molecule has 2 aliphatic rings. The molecule has 2 fully saturated rings. The van der Waals surface area contributed by atoms with Gasteiger partial charge in [-0.2, -0.15) is 0 Å². The van der Waals surface area contributed by atoms with Crippen molar-refractivity contribution in [2.45, 2.75) is 58.7 Å². The predicted octanol–water partition coefficient (Wildman–Crippen LogP) is 3.98. The second kappa shape index (κ2) is 6.07. The molecule has 1 saturated carbocycles. The van der Waals surface area contributed by atoms with Crippen molar-refractivity contribution in [3.05, 3.63) is 35.9 Å². The number of carbonyl (C=O) groups excluding carboxylic acids is 1. The summed E-state index contributed by atoms with van der Waals surface area (Å²) in [6, 6.07) is 10.9. The minimum Gasteiger partial charge on any atom is -0.444 e. The Morgan fingerprint density at radius 1 is 1.33 bits per heavy atom. The summed E-state index contributed by atoms with van der Waals surface area (Å²) >= 11 is 0. The van der Waals surface area contributed by atoms with Crippen LogP contribution < -0.4 is 5.32 Å². The summed E-state index contributed by atoms with van der Waals surface area (Å²) in [5, 5.41) is 2.92. The van der Waals surface area contributed by atoms with Crippen LogP contribution in [0.2, 0.25) is 0 Å². The first-order valence-electron chi connectivity index (χ1n) is 8.99. The maximum atomic E-state index is 12.2. The second-order valence-electron chi connectivity index (χ2n) is 8.62. The number of rotatable bonds is 3. The highest BCUT2D eigenvalue weighted by atomic mass is 16.6.